The number of benzene rings is 1. The molecule has 0 fully saturated rings. The number of nitriles is 1. The molecule has 0 spiro atoms. The average Bonchev–Trinajstić information content (AvgIpc) is 2.58. The van der Waals surface area contributed by atoms with Gasteiger partial charge in [0.1, 0.15) is 11.6 Å². The lowest BCUT2D eigenvalue weighted by atomic mass is 10.1. The van der Waals surface area contributed by atoms with Crippen LogP contribution in [0.1, 0.15) is 5.56 Å². The molecule has 0 bridgehead atoms. The fourth-order valence-electron chi connectivity index (χ4n) is 1.86. The van der Waals surface area contributed by atoms with Crippen molar-refractivity contribution in [3.8, 4) is 23.3 Å². The fraction of sp³-hybridized carbons (Fsp3) is 0.375. The molecule has 0 saturated carbocycles. The first-order valence-electron chi connectivity index (χ1n) is 6.80. The largest absolute Gasteiger partial charge is 0.493 e. The van der Waals surface area contributed by atoms with Gasteiger partial charge in [-0.15, -0.1) is 0 Å². The highest BCUT2D eigenvalue weighted by Crippen LogP contribution is 2.38. The van der Waals surface area contributed by atoms with Gasteiger partial charge in [-0.1, -0.05) is 0 Å². The highest BCUT2D eigenvalue weighted by Gasteiger charge is 2.14. The van der Waals surface area contributed by atoms with Gasteiger partial charge < -0.3 is 24.3 Å². The van der Waals surface area contributed by atoms with E-state index in [1.807, 2.05) is 6.07 Å². The minimum absolute atomic E-state index is 0.0321. The Hall–Kier alpha value is -2.72. The molecule has 23 heavy (non-hydrogen) atoms. The Bertz CT molecular complexity index is 594. The summed E-state index contributed by atoms with van der Waals surface area (Å²) in [6, 6.07) is 5.18. The number of nitrogens with zero attached hydrogens (tertiary/aromatic N) is 1. The maximum Gasteiger partial charge on any atom is 0.262 e. The van der Waals surface area contributed by atoms with Crippen LogP contribution in [-0.2, 0) is 9.53 Å². The van der Waals surface area contributed by atoms with Crippen molar-refractivity contribution in [3.63, 3.8) is 0 Å². The van der Waals surface area contributed by atoms with Crippen molar-refractivity contribution >= 4 is 12.0 Å². The van der Waals surface area contributed by atoms with Crippen LogP contribution in [0.15, 0.2) is 17.7 Å². The molecule has 0 unspecified atom stereocenters. The minimum Gasteiger partial charge on any atom is -0.493 e. The number of carbonyl (C=O) groups excluding carboxylic acids is 1. The van der Waals surface area contributed by atoms with Gasteiger partial charge in [-0.3, -0.25) is 4.79 Å². The summed E-state index contributed by atoms with van der Waals surface area (Å²) < 4.78 is 20.6. The molecular weight excluding hydrogens is 300 g/mol. The van der Waals surface area contributed by atoms with Gasteiger partial charge in [0.15, 0.2) is 11.5 Å². The molecule has 1 amide bonds. The van der Waals surface area contributed by atoms with Gasteiger partial charge in [0, 0.05) is 13.7 Å². The van der Waals surface area contributed by atoms with Gasteiger partial charge in [-0.05, 0) is 23.8 Å². The minimum atomic E-state index is -0.474. The maximum absolute atomic E-state index is 11.9. The van der Waals surface area contributed by atoms with Gasteiger partial charge >= 0.3 is 0 Å². The summed E-state index contributed by atoms with van der Waals surface area (Å²) in [4.78, 5) is 11.9. The molecule has 124 valence electrons. The molecule has 1 aromatic rings. The standard InChI is InChI=1S/C16H20N2O5/c1-20-6-5-18-16(19)12(10-17)7-11-8-13(21-2)15(23-4)14(9-11)22-3/h7-9H,5-6H2,1-4H3,(H,18,19)/b12-7+. The number of rotatable bonds is 8. The molecule has 0 aliphatic rings. The molecule has 7 nitrogen and oxygen atoms in total. The zero-order valence-electron chi connectivity index (χ0n) is 13.6. The highest BCUT2D eigenvalue weighted by atomic mass is 16.5. The summed E-state index contributed by atoms with van der Waals surface area (Å²) in [6.45, 7) is 0.693. The Balaban J connectivity index is 3.13. The number of ether oxygens (including phenoxy) is 4. The molecule has 7 heteroatoms. The van der Waals surface area contributed by atoms with Crippen molar-refractivity contribution in [3.05, 3.63) is 23.3 Å². The number of methoxy groups -OCH3 is 4. The second kappa shape index (κ2) is 9.33. The van der Waals surface area contributed by atoms with Crippen LogP contribution in [0.25, 0.3) is 6.08 Å². The SMILES string of the molecule is COCCNC(=O)/C(C#N)=C/c1cc(OC)c(OC)c(OC)c1. The Morgan fingerprint density at radius 2 is 1.78 bits per heavy atom. The van der Waals surface area contributed by atoms with E-state index in [1.54, 1.807) is 12.1 Å². The molecule has 0 aliphatic carbocycles. The monoisotopic (exact) mass is 320 g/mol. The van der Waals surface area contributed by atoms with E-state index in [-0.39, 0.29) is 5.57 Å². The quantitative estimate of drug-likeness (QED) is 0.442. The van der Waals surface area contributed by atoms with Gasteiger partial charge in [0.2, 0.25) is 5.75 Å². The lowest BCUT2D eigenvalue weighted by molar-refractivity contribution is -0.117. The van der Waals surface area contributed by atoms with Crippen LogP contribution >= 0.6 is 0 Å². The van der Waals surface area contributed by atoms with Crippen LogP contribution in [0, 0.1) is 11.3 Å². The van der Waals surface area contributed by atoms with Crippen LogP contribution in [0.5, 0.6) is 17.2 Å². The molecule has 0 heterocycles. The fourth-order valence-corrected chi connectivity index (χ4v) is 1.86. The van der Waals surface area contributed by atoms with Crippen LogP contribution in [0.3, 0.4) is 0 Å². The summed E-state index contributed by atoms with van der Waals surface area (Å²) in [5.74, 6) is 0.846. The third kappa shape index (κ3) is 4.90. The van der Waals surface area contributed by atoms with E-state index in [4.69, 9.17) is 18.9 Å². The van der Waals surface area contributed by atoms with Crippen LogP contribution in [-0.4, -0.2) is 47.5 Å². The summed E-state index contributed by atoms with van der Waals surface area (Å²) in [6.07, 6.45) is 1.45. The van der Waals surface area contributed by atoms with E-state index in [2.05, 4.69) is 5.32 Å². The molecule has 0 radical (unpaired) electrons. The highest BCUT2D eigenvalue weighted by molar-refractivity contribution is 6.01. The summed E-state index contributed by atoms with van der Waals surface area (Å²) in [5.41, 5.74) is 0.549. The molecule has 0 aromatic heterocycles. The van der Waals surface area contributed by atoms with E-state index < -0.39 is 5.91 Å². The van der Waals surface area contributed by atoms with E-state index in [9.17, 15) is 10.1 Å². The molecule has 1 aromatic carbocycles. The number of carbonyl (C=O) groups is 1. The summed E-state index contributed by atoms with van der Waals surface area (Å²) in [5, 5.41) is 11.8. The number of amides is 1. The lowest BCUT2D eigenvalue weighted by Crippen LogP contribution is -2.27. The third-order valence-corrected chi connectivity index (χ3v) is 2.95. The predicted molar refractivity (Wildman–Crippen MR) is 84.6 cm³/mol. The molecule has 0 aliphatic heterocycles. The second-order valence-electron chi connectivity index (χ2n) is 4.38. The van der Waals surface area contributed by atoms with Crippen LogP contribution in [0.4, 0.5) is 0 Å². The second-order valence-corrected chi connectivity index (χ2v) is 4.38. The Morgan fingerprint density at radius 3 is 2.22 bits per heavy atom. The average molecular weight is 320 g/mol. The number of nitrogens with one attached hydrogen (secondary N) is 1. The first-order valence-corrected chi connectivity index (χ1v) is 6.80. The topological polar surface area (TPSA) is 89.8 Å². The van der Waals surface area contributed by atoms with E-state index in [0.717, 1.165) is 0 Å². The Kier molecular flexibility index (Phi) is 7.43. The molecule has 0 atom stereocenters. The maximum atomic E-state index is 11.9. The van der Waals surface area contributed by atoms with Crippen molar-refractivity contribution in [2.75, 3.05) is 41.6 Å². The molecule has 0 saturated heterocycles. The van der Waals surface area contributed by atoms with Crippen molar-refractivity contribution in [1.29, 1.82) is 5.26 Å². The first kappa shape index (κ1) is 18.3. The van der Waals surface area contributed by atoms with Crippen molar-refractivity contribution in [2.45, 2.75) is 0 Å². The van der Waals surface area contributed by atoms with Gasteiger partial charge in [-0.2, -0.15) is 5.26 Å². The first-order chi connectivity index (χ1) is 11.1. The Labute approximate surface area is 135 Å². The van der Waals surface area contributed by atoms with Gasteiger partial charge in [0.05, 0.1) is 27.9 Å². The lowest BCUT2D eigenvalue weighted by Gasteiger charge is -2.13. The zero-order chi connectivity index (χ0) is 17.2. The van der Waals surface area contributed by atoms with Crippen molar-refractivity contribution in [2.24, 2.45) is 0 Å². The predicted octanol–water partition coefficient (Wildman–Crippen LogP) is 1.38. The molecule has 1 N–H and O–H groups in total. The van der Waals surface area contributed by atoms with E-state index >= 15 is 0 Å². The van der Waals surface area contributed by atoms with Gasteiger partial charge in [0.25, 0.3) is 5.91 Å². The summed E-state index contributed by atoms with van der Waals surface area (Å²) >= 11 is 0. The van der Waals surface area contributed by atoms with E-state index in [0.29, 0.717) is 36.0 Å². The van der Waals surface area contributed by atoms with Crippen LogP contribution in [0.2, 0.25) is 0 Å². The Morgan fingerprint density at radius 1 is 1.17 bits per heavy atom. The van der Waals surface area contributed by atoms with Crippen molar-refractivity contribution < 1.29 is 23.7 Å². The zero-order valence-corrected chi connectivity index (χ0v) is 13.6. The van der Waals surface area contributed by atoms with Gasteiger partial charge in [-0.25, -0.2) is 0 Å². The van der Waals surface area contributed by atoms with Crippen LogP contribution < -0.4 is 19.5 Å². The van der Waals surface area contributed by atoms with Crippen molar-refractivity contribution in [1.82, 2.24) is 5.32 Å². The summed E-state index contributed by atoms with van der Waals surface area (Å²) in [7, 11) is 6.02. The smallest absolute Gasteiger partial charge is 0.262 e. The third-order valence-electron chi connectivity index (χ3n) is 2.95. The van der Waals surface area contributed by atoms with E-state index in [1.165, 1.54) is 34.5 Å². The number of hydrogen-bond donors (Lipinski definition) is 1. The number of hydrogen-bond acceptors (Lipinski definition) is 6. The molecular formula is C16H20N2O5. The normalized spacial score (nSPS) is 10.7. The molecule has 1 rings (SSSR count).